The first-order chi connectivity index (χ1) is 5.43. The highest BCUT2D eigenvalue weighted by molar-refractivity contribution is 5.60. The Hall–Kier alpha value is -1.18. The van der Waals surface area contributed by atoms with Crippen molar-refractivity contribution in [2.75, 3.05) is 11.9 Å². The van der Waals surface area contributed by atoms with E-state index >= 15 is 0 Å². The molecule has 0 radical (unpaired) electrons. The van der Waals surface area contributed by atoms with Crippen LogP contribution in [0.25, 0.3) is 0 Å². The Morgan fingerprint density at radius 2 is 2.45 bits per heavy atom. The second-order valence-corrected chi connectivity index (χ2v) is 3.09. The SMILES string of the molecule is c1cc2c3cc1NC3CCO2. The van der Waals surface area contributed by atoms with E-state index < -0.39 is 0 Å². The Morgan fingerprint density at radius 3 is 3.45 bits per heavy atom. The molecule has 0 amide bonds. The summed E-state index contributed by atoms with van der Waals surface area (Å²) in [5, 5.41) is 3.42. The van der Waals surface area contributed by atoms with E-state index in [1.165, 1.54) is 11.3 Å². The van der Waals surface area contributed by atoms with Crippen molar-refractivity contribution in [1.29, 1.82) is 0 Å². The lowest BCUT2D eigenvalue weighted by Crippen LogP contribution is -2.15. The summed E-state index contributed by atoms with van der Waals surface area (Å²) in [5.41, 5.74) is 2.58. The van der Waals surface area contributed by atoms with Gasteiger partial charge < -0.3 is 10.1 Å². The predicted octanol–water partition coefficient (Wildman–Crippen LogP) is 1.94. The average Bonchev–Trinajstić information content (AvgIpc) is 2.42. The van der Waals surface area contributed by atoms with Gasteiger partial charge in [0.2, 0.25) is 0 Å². The summed E-state index contributed by atoms with van der Waals surface area (Å²) in [5.74, 6) is 1.06. The maximum Gasteiger partial charge on any atom is 0.124 e. The minimum Gasteiger partial charge on any atom is -0.493 e. The van der Waals surface area contributed by atoms with Crippen LogP contribution in [0.5, 0.6) is 5.75 Å². The van der Waals surface area contributed by atoms with E-state index in [-0.39, 0.29) is 0 Å². The van der Waals surface area contributed by atoms with Crippen LogP contribution in [-0.2, 0) is 0 Å². The van der Waals surface area contributed by atoms with Gasteiger partial charge in [0.15, 0.2) is 0 Å². The maximum atomic E-state index is 5.49. The van der Waals surface area contributed by atoms with E-state index in [2.05, 4.69) is 23.5 Å². The molecular weight excluding hydrogens is 138 g/mol. The lowest BCUT2D eigenvalue weighted by atomic mass is 10.1. The third kappa shape index (κ3) is 0.615. The van der Waals surface area contributed by atoms with Gasteiger partial charge in [0.25, 0.3) is 0 Å². The number of nitrogens with one attached hydrogen (secondary N) is 1. The Labute approximate surface area is 65.2 Å². The predicted molar refractivity (Wildman–Crippen MR) is 42.9 cm³/mol. The van der Waals surface area contributed by atoms with E-state index in [4.69, 9.17) is 4.74 Å². The molecule has 0 saturated heterocycles. The Balaban J connectivity index is 2.25. The Morgan fingerprint density at radius 1 is 1.45 bits per heavy atom. The highest BCUT2D eigenvalue weighted by Crippen LogP contribution is 2.40. The summed E-state index contributed by atoms with van der Waals surface area (Å²) in [4.78, 5) is 0. The van der Waals surface area contributed by atoms with Crippen molar-refractivity contribution in [3.63, 3.8) is 0 Å². The first-order valence-corrected chi connectivity index (χ1v) is 3.97. The van der Waals surface area contributed by atoms with Crippen molar-refractivity contribution in [1.82, 2.24) is 0 Å². The van der Waals surface area contributed by atoms with Crippen molar-refractivity contribution in [2.45, 2.75) is 12.5 Å². The summed E-state index contributed by atoms with van der Waals surface area (Å²) >= 11 is 0. The van der Waals surface area contributed by atoms with Crippen LogP contribution in [0, 0.1) is 0 Å². The van der Waals surface area contributed by atoms with Crippen molar-refractivity contribution in [2.24, 2.45) is 0 Å². The lowest BCUT2D eigenvalue weighted by molar-refractivity contribution is 0.277. The van der Waals surface area contributed by atoms with Gasteiger partial charge in [-0.2, -0.15) is 0 Å². The number of ether oxygens (including phenoxy) is 1. The monoisotopic (exact) mass is 147 g/mol. The summed E-state index contributed by atoms with van der Waals surface area (Å²) in [6, 6.07) is 6.84. The smallest absolute Gasteiger partial charge is 0.124 e. The van der Waals surface area contributed by atoms with E-state index in [1.54, 1.807) is 0 Å². The topological polar surface area (TPSA) is 21.3 Å². The molecule has 1 unspecified atom stereocenters. The Bertz CT molecular complexity index is 308. The molecule has 0 fully saturated rings. The van der Waals surface area contributed by atoms with E-state index in [0.717, 1.165) is 18.8 Å². The molecule has 2 heteroatoms. The summed E-state index contributed by atoms with van der Waals surface area (Å²) in [6.07, 6.45) is 1.10. The molecule has 56 valence electrons. The van der Waals surface area contributed by atoms with Crippen LogP contribution < -0.4 is 10.1 Å². The normalized spacial score (nSPS) is 24.2. The molecular formula is C9H9NO. The molecule has 0 aromatic heterocycles. The van der Waals surface area contributed by atoms with Gasteiger partial charge in [-0.1, -0.05) is 0 Å². The molecule has 1 atom stereocenters. The number of benzene rings is 1. The quantitative estimate of drug-likeness (QED) is 0.605. The van der Waals surface area contributed by atoms with Gasteiger partial charge in [-0.25, -0.2) is 0 Å². The van der Waals surface area contributed by atoms with Crippen molar-refractivity contribution < 1.29 is 4.74 Å². The van der Waals surface area contributed by atoms with Gasteiger partial charge in [0.05, 0.1) is 12.6 Å². The van der Waals surface area contributed by atoms with Crippen molar-refractivity contribution in [3.8, 4) is 5.75 Å². The third-order valence-corrected chi connectivity index (χ3v) is 2.39. The number of hydrogen-bond donors (Lipinski definition) is 1. The number of rotatable bonds is 0. The molecule has 1 N–H and O–H groups in total. The second-order valence-electron chi connectivity index (χ2n) is 3.09. The maximum absolute atomic E-state index is 5.49. The summed E-state index contributed by atoms with van der Waals surface area (Å²) in [6.45, 7) is 0.849. The van der Waals surface area contributed by atoms with Gasteiger partial charge in [0, 0.05) is 17.7 Å². The molecule has 0 saturated carbocycles. The zero-order chi connectivity index (χ0) is 7.26. The van der Waals surface area contributed by atoms with Gasteiger partial charge in [-0.3, -0.25) is 0 Å². The highest BCUT2D eigenvalue weighted by Gasteiger charge is 2.26. The van der Waals surface area contributed by atoms with Crippen LogP contribution in [0.1, 0.15) is 18.0 Å². The molecule has 2 nitrogen and oxygen atoms in total. The lowest BCUT2D eigenvalue weighted by Gasteiger charge is -2.20. The largest absolute Gasteiger partial charge is 0.493 e. The minimum atomic E-state index is 0.531. The minimum absolute atomic E-state index is 0.531. The highest BCUT2D eigenvalue weighted by atomic mass is 16.5. The van der Waals surface area contributed by atoms with Crippen LogP contribution in [-0.4, -0.2) is 6.61 Å². The van der Waals surface area contributed by atoms with Crippen molar-refractivity contribution in [3.05, 3.63) is 23.8 Å². The van der Waals surface area contributed by atoms with Crippen LogP contribution in [0.3, 0.4) is 0 Å². The van der Waals surface area contributed by atoms with Gasteiger partial charge in [-0.05, 0) is 18.2 Å². The Kier molecular flexibility index (Phi) is 0.844. The van der Waals surface area contributed by atoms with Crippen molar-refractivity contribution >= 4 is 5.69 Å². The molecule has 3 rings (SSSR count). The van der Waals surface area contributed by atoms with Gasteiger partial charge in [-0.15, -0.1) is 0 Å². The van der Waals surface area contributed by atoms with E-state index in [9.17, 15) is 0 Å². The molecule has 1 aromatic carbocycles. The fraction of sp³-hybridized carbons (Fsp3) is 0.333. The first-order valence-electron chi connectivity index (χ1n) is 3.97. The molecule has 1 aromatic rings. The standard InChI is InChI=1S/C9H9NO/c1-2-9-7-5-6(1)10-8(7)3-4-11-9/h1-2,5,8,10H,3-4H2. The fourth-order valence-electron chi connectivity index (χ4n) is 1.84. The fourth-order valence-corrected chi connectivity index (χ4v) is 1.84. The number of hydrogen-bond acceptors (Lipinski definition) is 2. The zero-order valence-corrected chi connectivity index (χ0v) is 6.13. The van der Waals surface area contributed by atoms with Crippen LogP contribution in [0.2, 0.25) is 0 Å². The van der Waals surface area contributed by atoms with E-state index in [0.29, 0.717) is 6.04 Å². The number of anilines is 1. The molecule has 11 heavy (non-hydrogen) atoms. The molecule has 0 aliphatic carbocycles. The van der Waals surface area contributed by atoms with E-state index in [1.807, 2.05) is 0 Å². The van der Waals surface area contributed by atoms with Gasteiger partial charge in [0.1, 0.15) is 5.75 Å². The zero-order valence-electron chi connectivity index (χ0n) is 6.13. The van der Waals surface area contributed by atoms with Crippen LogP contribution in [0.15, 0.2) is 18.2 Å². The molecule has 2 bridgehead atoms. The number of fused-ring (bicyclic) bond motifs is 1. The summed E-state index contributed by atoms with van der Waals surface area (Å²) in [7, 11) is 0. The van der Waals surface area contributed by atoms with Gasteiger partial charge >= 0.3 is 0 Å². The molecule has 2 aliphatic rings. The van der Waals surface area contributed by atoms with Crippen LogP contribution in [0.4, 0.5) is 5.69 Å². The molecule has 0 spiro atoms. The van der Waals surface area contributed by atoms with Crippen LogP contribution >= 0.6 is 0 Å². The second kappa shape index (κ2) is 1.70. The average molecular weight is 147 g/mol. The third-order valence-electron chi connectivity index (χ3n) is 2.39. The first kappa shape index (κ1) is 5.47. The molecule has 2 heterocycles. The molecule has 2 aliphatic heterocycles. The summed E-state index contributed by atoms with van der Waals surface area (Å²) < 4.78 is 5.49.